The van der Waals surface area contributed by atoms with Gasteiger partial charge in [-0.3, -0.25) is 4.72 Å². The van der Waals surface area contributed by atoms with Gasteiger partial charge >= 0.3 is 0 Å². The summed E-state index contributed by atoms with van der Waals surface area (Å²) in [5, 5.41) is 0. The third-order valence-electron chi connectivity index (χ3n) is 3.46. The molecule has 2 N–H and O–H groups in total. The van der Waals surface area contributed by atoms with E-state index in [1.54, 1.807) is 24.3 Å². The van der Waals surface area contributed by atoms with Gasteiger partial charge in [0.2, 0.25) is 0 Å². The predicted molar refractivity (Wildman–Crippen MR) is 93.7 cm³/mol. The molecule has 3 aromatic rings. The number of aromatic amines is 1. The fourth-order valence-electron chi connectivity index (χ4n) is 2.10. The van der Waals surface area contributed by atoms with Crippen LogP contribution in [0, 0.1) is 17.8 Å². The van der Waals surface area contributed by atoms with Crippen molar-refractivity contribution < 1.29 is 8.42 Å². The van der Waals surface area contributed by atoms with E-state index in [1.807, 2.05) is 26.0 Å². The van der Waals surface area contributed by atoms with Crippen LogP contribution in [0.1, 0.15) is 11.1 Å². The first-order valence-electron chi connectivity index (χ1n) is 6.58. The summed E-state index contributed by atoms with van der Waals surface area (Å²) in [6.07, 6.45) is 0. The highest BCUT2D eigenvalue weighted by atomic mass is 32.2. The van der Waals surface area contributed by atoms with Crippen LogP contribution in [0.25, 0.3) is 10.2 Å². The number of anilines is 1. The minimum absolute atomic E-state index is 0.261. The van der Waals surface area contributed by atoms with Crippen LogP contribution in [0.15, 0.2) is 41.3 Å². The summed E-state index contributed by atoms with van der Waals surface area (Å²) < 4.78 is 29.1. The lowest BCUT2D eigenvalue weighted by Crippen LogP contribution is -2.13. The van der Waals surface area contributed by atoms with Crippen LogP contribution >= 0.6 is 23.6 Å². The largest absolute Gasteiger partial charge is 0.337 e. The van der Waals surface area contributed by atoms with Gasteiger partial charge in [0, 0.05) is 0 Å². The second-order valence-corrected chi connectivity index (χ2v) is 8.48. The molecule has 22 heavy (non-hydrogen) atoms. The van der Waals surface area contributed by atoms with Gasteiger partial charge in [-0.25, -0.2) is 8.42 Å². The van der Waals surface area contributed by atoms with E-state index < -0.39 is 10.0 Å². The van der Waals surface area contributed by atoms with E-state index in [4.69, 9.17) is 12.2 Å². The molecule has 0 spiro atoms. The van der Waals surface area contributed by atoms with E-state index in [9.17, 15) is 8.42 Å². The number of hydrogen-bond acceptors (Lipinski definition) is 4. The van der Waals surface area contributed by atoms with Crippen LogP contribution < -0.4 is 4.72 Å². The molecule has 0 aliphatic rings. The number of nitrogens with one attached hydrogen (secondary N) is 2. The highest BCUT2D eigenvalue weighted by molar-refractivity contribution is 7.92. The second-order valence-electron chi connectivity index (χ2n) is 5.08. The number of H-pyrrole nitrogens is 1. The zero-order valence-electron chi connectivity index (χ0n) is 12.0. The van der Waals surface area contributed by atoms with Crippen molar-refractivity contribution in [3.05, 3.63) is 51.5 Å². The van der Waals surface area contributed by atoms with Gasteiger partial charge in [0.25, 0.3) is 10.0 Å². The Morgan fingerprint density at radius 1 is 1.09 bits per heavy atom. The molecule has 0 aliphatic heterocycles. The van der Waals surface area contributed by atoms with Crippen LogP contribution in [-0.2, 0) is 10.0 Å². The molecule has 7 heteroatoms. The van der Waals surface area contributed by atoms with Gasteiger partial charge in [-0.2, -0.15) is 0 Å². The average Bonchev–Trinajstić information content (AvgIpc) is 2.80. The van der Waals surface area contributed by atoms with E-state index in [0.717, 1.165) is 21.3 Å². The molecule has 0 unspecified atom stereocenters. The molecule has 114 valence electrons. The number of thiazole rings is 1. The zero-order valence-corrected chi connectivity index (χ0v) is 14.5. The molecule has 0 fully saturated rings. The minimum Gasteiger partial charge on any atom is -0.337 e. The molecule has 1 heterocycles. The normalized spacial score (nSPS) is 11.7. The molecule has 1 aromatic heterocycles. The maximum atomic E-state index is 12.5. The van der Waals surface area contributed by atoms with Crippen LogP contribution in [0.2, 0.25) is 0 Å². The molecule has 0 amide bonds. The lowest BCUT2D eigenvalue weighted by molar-refractivity contribution is 0.601. The van der Waals surface area contributed by atoms with Gasteiger partial charge in [0.1, 0.15) is 0 Å². The lowest BCUT2D eigenvalue weighted by atomic mass is 10.1. The zero-order chi connectivity index (χ0) is 15.9. The Hall–Kier alpha value is -1.70. The highest BCUT2D eigenvalue weighted by Crippen LogP contribution is 2.25. The topological polar surface area (TPSA) is 62.0 Å². The molecule has 0 bridgehead atoms. The summed E-state index contributed by atoms with van der Waals surface area (Å²) in [4.78, 5) is 3.31. The number of aromatic nitrogens is 1. The van der Waals surface area contributed by atoms with E-state index in [-0.39, 0.29) is 4.90 Å². The molecule has 4 nitrogen and oxygen atoms in total. The Labute approximate surface area is 137 Å². The molecule has 2 aromatic carbocycles. The van der Waals surface area contributed by atoms with Crippen molar-refractivity contribution in [2.45, 2.75) is 18.7 Å². The summed E-state index contributed by atoms with van der Waals surface area (Å²) in [5.41, 5.74) is 3.44. The van der Waals surface area contributed by atoms with Crippen molar-refractivity contribution in [1.29, 1.82) is 0 Å². The number of benzene rings is 2. The number of aryl methyl sites for hydroxylation is 2. The van der Waals surface area contributed by atoms with Crippen molar-refractivity contribution >= 4 is 49.5 Å². The molecule has 0 atom stereocenters. The van der Waals surface area contributed by atoms with E-state index in [0.29, 0.717) is 9.64 Å². The van der Waals surface area contributed by atoms with Crippen molar-refractivity contribution in [2.24, 2.45) is 0 Å². The number of fused-ring (bicyclic) bond motifs is 1. The number of rotatable bonds is 3. The Morgan fingerprint density at radius 3 is 2.59 bits per heavy atom. The Balaban J connectivity index is 1.98. The number of hydrogen-bond donors (Lipinski definition) is 2. The van der Waals surface area contributed by atoms with E-state index in [1.165, 1.54) is 11.3 Å². The Bertz CT molecular complexity index is 1020. The summed E-state index contributed by atoms with van der Waals surface area (Å²) in [7, 11) is -3.60. The average molecular weight is 350 g/mol. The third kappa shape index (κ3) is 2.92. The summed E-state index contributed by atoms with van der Waals surface area (Å²) in [6.45, 7) is 3.85. The van der Waals surface area contributed by atoms with Crippen LogP contribution in [-0.4, -0.2) is 13.4 Å². The third-order valence-corrected chi connectivity index (χ3v) is 6.04. The van der Waals surface area contributed by atoms with Gasteiger partial charge in [0.05, 0.1) is 20.8 Å². The quantitative estimate of drug-likeness (QED) is 0.689. The first-order chi connectivity index (χ1) is 10.3. The van der Waals surface area contributed by atoms with Gasteiger partial charge in [-0.1, -0.05) is 6.07 Å². The van der Waals surface area contributed by atoms with Crippen LogP contribution in [0.4, 0.5) is 5.69 Å². The number of sulfonamides is 1. The molecule has 0 radical (unpaired) electrons. The monoisotopic (exact) mass is 350 g/mol. The maximum absolute atomic E-state index is 12.5. The maximum Gasteiger partial charge on any atom is 0.261 e. The molecular weight excluding hydrogens is 336 g/mol. The van der Waals surface area contributed by atoms with Gasteiger partial charge in [-0.15, -0.1) is 11.3 Å². The summed E-state index contributed by atoms with van der Waals surface area (Å²) in [5.74, 6) is 0. The first-order valence-corrected chi connectivity index (χ1v) is 9.29. The van der Waals surface area contributed by atoms with Gasteiger partial charge < -0.3 is 4.98 Å². The standard InChI is InChI=1S/C15H14N2O2S3/c1-9-3-5-12(7-10(9)2)22(18,19)17-11-4-6-13-14(8-11)21-15(20)16-13/h3-8,17H,1-2H3,(H,16,20). The summed E-state index contributed by atoms with van der Waals surface area (Å²) >= 11 is 6.51. The molecular formula is C15H14N2O2S3. The van der Waals surface area contributed by atoms with Crippen molar-refractivity contribution in [2.75, 3.05) is 4.72 Å². The Morgan fingerprint density at radius 2 is 1.86 bits per heavy atom. The fraction of sp³-hybridized carbons (Fsp3) is 0.133. The SMILES string of the molecule is Cc1ccc(S(=O)(=O)Nc2ccc3[nH]c(=S)sc3c2)cc1C. The van der Waals surface area contributed by atoms with Crippen molar-refractivity contribution in [3.8, 4) is 0 Å². The molecule has 0 saturated carbocycles. The second kappa shape index (κ2) is 5.49. The highest BCUT2D eigenvalue weighted by Gasteiger charge is 2.15. The molecule has 3 rings (SSSR count). The van der Waals surface area contributed by atoms with Crippen LogP contribution in [0.5, 0.6) is 0 Å². The molecule has 0 saturated heterocycles. The van der Waals surface area contributed by atoms with E-state index in [2.05, 4.69) is 9.71 Å². The van der Waals surface area contributed by atoms with E-state index >= 15 is 0 Å². The van der Waals surface area contributed by atoms with Gasteiger partial charge in [-0.05, 0) is 67.5 Å². The van der Waals surface area contributed by atoms with Crippen molar-refractivity contribution in [3.63, 3.8) is 0 Å². The summed E-state index contributed by atoms with van der Waals surface area (Å²) in [6, 6.07) is 10.4. The van der Waals surface area contributed by atoms with Gasteiger partial charge in [0.15, 0.2) is 3.95 Å². The Kier molecular flexibility index (Phi) is 3.80. The van der Waals surface area contributed by atoms with Crippen LogP contribution in [0.3, 0.4) is 0 Å². The van der Waals surface area contributed by atoms with Crippen molar-refractivity contribution in [1.82, 2.24) is 4.98 Å². The lowest BCUT2D eigenvalue weighted by Gasteiger charge is -2.09. The minimum atomic E-state index is -3.60. The molecule has 0 aliphatic carbocycles. The predicted octanol–water partition coefficient (Wildman–Crippen LogP) is 4.38. The first kappa shape index (κ1) is 15.2. The smallest absolute Gasteiger partial charge is 0.261 e. The fourth-order valence-corrected chi connectivity index (χ4v) is 4.39.